The van der Waals surface area contributed by atoms with Crippen LogP contribution >= 0.6 is 23.8 Å². The Labute approximate surface area is 134 Å². The molecule has 2 aromatic rings. The third-order valence-corrected chi connectivity index (χ3v) is 3.93. The van der Waals surface area contributed by atoms with Crippen LogP contribution in [0.5, 0.6) is 0 Å². The molecule has 0 fully saturated rings. The molecule has 0 saturated heterocycles. The summed E-state index contributed by atoms with van der Waals surface area (Å²) in [4.78, 5) is 0. The SMILES string of the molecule is Cc1ccc([C@H]2C=C(c3ccc(Cl)cc3)NC(=S)N2)cc1. The number of rotatable bonds is 2. The van der Waals surface area contributed by atoms with Crippen LogP contribution in [0.3, 0.4) is 0 Å². The Morgan fingerprint density at radius 1 is 1.00 bits per heavy atom. The predicted octanol–water partition coefficient (Wildman–Crippen LogP) is 4.21. The van der Waals surface area contributed by atoms with Crippen LogP contribution in [-0.2, 0) is 0 Å². The van der Waals surface area contributed by atoms with Crippen LogP contribution in [0.2, 0.25) is 5.02 Å². The molecule has 2 aromatic carbocycles. The van der Waals surface area contributed by atoms with E-state index in [4.69, 9.17) is 23.8 Å². The zero-order chi connectivity index (χ0) is 14.8. The van der Waals surface area contributed by atoms with E-state index in [0.29, 0.717) is 5.11 Å². The minimum atomic E-state index is 0.0741. The Morgan fingerprint density at radius 2 is 1.67 bits per heavy atom. The Bertz CT molecular complexity index is 690. The van der Waals surface area contributed by atoms with Gasteiger partial charge in [-0.3, -0.25) is 0 Å². The van der Waals surface area contributed by atoms with Gasteiger partial charge in [-0.15, -0.1) is 0 Å². The highest BCUT2D eigenvalue weighted by molar-refractivity contribution is 7.80. The minimum absolute atomic E-state index is 0.0741. The number of benzene rings is 2. The number of aryl methyl sites for hydroxylation is 1. The molecule has 1 aliphatic rings. The molecule has 2 nitrogen and oxygen atoms in total. The van der Waals surface area contributed by atoms with Gasteiger partial charge in [0, 0.05) is 10.7 Å². The molecule has 1 heterocycles. The van der Waals surface area contributed by atoms with E-state index in [0.717, 1.165) is 16.3 Å². The first kappa shape index (κ1) is 14.1. The third-order valence-electron chi connectivity index (χ3n) is 3.46. The zero-order valence-electron chi connectivity index (χ0n) is 11.6. The Hall–Kier alpha value is -1.84. The summed E-state index contributed by atoms with van der Waals surface area (Å²) in [6.45, 7) is 2.08. The lowest BCUT2D eigenvalue weighted by Crippen LogP contribution is -2.40. The van der Waals surface area contributed by atoms with Gasteiger partial charge in [0.2, 0.25) is 0 Å². The molecule has 0 amide bonds. The standard InChI is InChI=1S/C17H15ClN2S/c1-11-2-4-12(5-3-11)15-10-16(20-17(21)19-15)13-6-8-14(18)9-7-13/h2-10,15H,1H3,(H2,19,20,21)/t15-/m1/s1. The fourth-order valence-electron chi connectivity index (χ4n) is 2.30. The molecule has 4 heteroatoms. The molecule has 3 rings (SSSR count). The van der Waals surface area contributed by atoms with Crippen molar-refractivity contribution in [2.24, 2.45) is 0 Å². The van der Waals surface area contributed by atoms with E-state index in [1.54, 1.807) is 0 Å². The molecule has 0 aromatic heterocycles. The van der Waals surface area contributed by atoms with Gasteiger partial charge in [-0.05, 0) is 48.5 Å². The summed E-state index contributed by atoms with van der Waals surface area (Å²) in [7, 11) is 0. The largest absolute Gasteiger partial charge is 0.352 e. The van der Waals surface area contributed by atoms with Crippen molar-refractivity contribution in [2.45, 2.75) is 13.0 Å². The first-order valence-corrected chi connectivity index (χ1v) is 7.52. The fourth-order valence-corrected chi connectivity index (χ4v) is 2.66. The monoisotopic (exact) mass is 314 g/mol. The second-order valence-corrected chi connectivity index (χ2v) is 5.92. The van der Waals surface area contributed by atoms with Gasteiger partial charge in [-0.2, -0.15) is 0 Å². The average Bonchev–Trinajstić information content (AvgIpc) is 2.48. The summed E-state index contributed by atoms with van der Waals surface area (Å²) in [5, 5.41) is 7.84. The number of nitrogens with one attached hydrogen (secondary N) is 2. The maximum absolute atomic E-state index is 5.94. The van der Waals surface area contributed by atoms with Gasteiger partial charge in [0.05, 0.1) is 6.04 Å². The maximum Gasteiger partial charge on any atom is 0.171 e. The molecule has 0 unspecified atom stereocenters. The van der Waals surface area contributed by atoms with Crippen LogP contribution < -0.4 is 10.6 Å². The van der Waals surface area contributed by atoms with Gasteiger partial charge in [0.25, 0.3) is 0 Å². The van der Waals surface area contributed by atoms with E-state index < -0.39 is 0 Å². The lowest BCUT2D eigenvalue weighted by Gasteiger charge is -2.26. The van der Waals surface area contributed by atoms with Crippen LogP contribution in [0.25, 0.3) is 5.70 Å². The second kappa shape index (κ2) is 5.88. The summed E-state index contributed by atoms with van der Waals surface area (Å²) in [6.07, 6.45) is 2.14. The van der Waals surface area contributed by atoms with E-state index in [-0.39, 0.29) is 6.04 Å². The van der Waals surface area contributed by atoms with Crippen molar-refractivity contribution in [2.75, 3.05) is 0 Å². The first-order valence-electron chi connectivity index (χ1n) is 6.74. The summed E-state index contributed by atoms with van der Waals surface area (Å²) < 4.78 is 0. The number of hydrogen-bond acceptors (Lipinski definition) is 1. The number of halogens is 1. The minimum Gasteiger partial charge on any atom is -0.352 e. The molecule has 0 spiro atoms. The summed E-state index contributed by atoms with van der Waals surface area (Å²) in [6, 6.07) is 16.3. The van der Waals surface area contributed by atoms with Crippen molar-refractivity contribution in [1.29, 1.82) is 0 Å². The van der Waals surface area contributed by atoms with Gasteiger partial charge >= 0.3 is 0 Å². The summed E-state index contributed by atoms with van der Waals surface area (Å²) in [5.74, 6) is 0. The van der Waals surface area contributed by atoms with Crippen molar-refractivity contribution in [3.8, 4) is 0 Å². The fraction of sp³-hybridized carbons (Fsp3) is 0.118. The maximum atomic E-state index is 5.94. The van der Waals surface area contributed by atoms with E-state index >= 15 is 0 Å². The van der Waals surface area contributed by atoms with Crippen molar-refractivity contribution in [1.82, 2.24) is 10.6 Å². The van der Waals surface area contributed by atoms with E-state index in [2.05, 4.69) is 47.9 Å². The van der Waals surface area contributed by atoms with Crippen molar-refractivity contribution in [3.63, 3.8) is 0 Å². The Balaban J connectivity index is 1.95. The highest BCUT2D eigenvalue weighted by Crippen LogP contribution is 2.24. The molecule has 1 atom stereocenters. The molecule has 0 bridgehead atoms. The zero-order valence-corrected chi connectivity index (χ0v) is 13.1. The van der Waals surface area contributed by atoms with Crippen molar-refractivity contribution < 1.29 is 0 Å². The normalized spacial score (nSPS) is 17.7. The van der Waals surface area contributed by atoms with Gasteiger partial charge in [0.1, 0.15) is 0 Å². The number of hydrogen-bond donors (Lipinski definition) is 2. The Kier molecular flexibility index (Phi) is 3.95. The smallest absolute Gasteiger partial charge is 0.171 e. The molecule has 2 N–H and O–H groups in total. The Morgan fingerprint density at radius 3 is 2.33 bits per heavy atom. The van der Waals surface area contributed by atoms with Crippen molar-refractivity contribution in [3.05, 3.63) is 76.3 Å². The van der Waals surface area contributed by atoms with Gasteiger partial charge < -0.3 is 10.6 Å². The van der Waals surface area contributed by atoms with Crippen LogP contribution in [0.1, 0.15) is 22.7 Å². The van der Waals surface area contributed by atoms with Crippen molar-refractivity contribution >= 4 is 34.6 Å². The average molecular weight is 315 g/mol. The lowest BCUT2D eigenvalue weighted by molar-refractivity contribution is 0.765. The predicted molar refractivity (Wildman–Crippen MR) is 92.2 cm³/mol. The molecule has 0 radical (unpaired) electrons. The van der Waals surface area contributed by atoms with E-state index in [1.165, 1.54) is 11.1 Å². The van der Waals surface area contributed by atoms with Crippen LogP contribution in [-0.4, -0.2) is 5.11 Å². The molecule has 0 aliphatic carbocycles. The van der Waals surface area contributed by atoms with Crippen LogP contribution in [0.15, 0.2) is 54.6 Å². The molecular weight excluding hydrogens is 300 g/mol. The molecule has 0 saturated carbocycles. The number of thiocarbonyl (C=S) groups is 1. The third kappa shape index (κ3) is 3.26. The van der Waals surface area contributed by atoms with Crippen LogP contribution in [0.4, 0.5) is 0 Å². The quantitative estimate of drug-likeness (QED) is 0.812. The highest BCUT2D eigenvalue weighted by atomic mass is 35.5. The molecular formula is C17H15ClN2S. The molecule has 1 aliphatic heterocycles. The topological polar surface area (TPSA) is 24.1 Å². The first-order chi connectivity index (χ1) is 10.1. The second-order valence-electron chi connectivity index (χ2n) is 5.07. The van der Waals surface area contributed by atoms with Gasteiger partial charge in [-0.1, -0.05) is 53.6 Å². The molecule has 106 valence electrons. The van der Waals surface area contributed by atoms with Gasteiger partial charge in [0.15, 0.2) is 5.11 Å². The molecule has 21 heavy (non-hydrogen) atoms. The van der Waals surface area contributed by atoms with Crippen LogP contribution in [0, 0.1) is 6.92 Å². The lowest BCUT2D eigenvalue weighted by atomic mass is 10.0. The summed E-state index contributed by atoms with van der Waals surface area (Å²) >= 11 is 11.3. The summed E-state index contributed by atoms with van der Waals surface area (Å²) in [5.41, 5.74) is 4.51. The highest BCUT2D eigenvalue weighted by Gasteiger charge is 2.18. The van der Waals surface area contributed by atoms with E-state index in [1.807, 2.05) is 24.3 Å². The van der Waals surface area contributed by atoms with Gasteiger partial charge in [-0.25, -0.2) is 0 Å². The van der Waals surface area contributed by atoms with E-state index in [9.17, 15) is 0 Å².